The molecule has 0 saturated heterocycles. The van der Waals surface area contributed by atoms with Crippen LogP contribution in [0.1, 0.15) is 12.0 Å². The number of fused-ring (bicyclic) bond motifs is 1. The normalized spacial score (nSPS) is 14.4. The van der Waals surface area contributed by atoms with Gasteiger partial charge in [0.25, 0.3) is 5.69 Å². The van der Waals surface area contributed by atoms with Crippen LogP contribution in [0, 0.1) is 17.0 Å². The van der Waals surface area contributed by atoms with Crippen LogP contribution < -0.4 is 9.80 Å². The predicted molar refractivity (Wildman–Crippen MR) is 89.3 cm³/mol. The van der Waals surface area contributed by atoms with Gasteiger partial charge in [0.15, 0.2) is 0 Å². The number of carbonyl (C=O) groups excluding carboxylic acids is 1. The smallest absolute Gasteiger partial charge is 0.271 e. The Labute approximate surface area is 134 Å². The van der Waals surface area contributed by atoms with Crippen molar-refractivity contribution in [2.75, 3.05) is 23.4 Å². The van der Waals surface area contributed by atoms with Crippen molar-refractivity contribution in [3.8, 4) is 0 Å². The quantitative estimate of drug-likeness (QED) is 0.629. The number of amides is 1. The molecule has 0 radical (unpaired) electrons. The van der Waals surface area contributed by atoms with Crippen molar-refractivity contribution in [1.82, 2.24) is 0 Å². The van der Waals surface area contributed by atoms with E-state index in [1.54, 1.807) is 18.0 Å². The summed E-state index contributed by atoms with van der Waals surface area (Å²) >= 11 is 0. The molecular formula is C17H17N3O3. The monoisotopic (exact) mass is 311 g/mol. The minimum Gasteiger partial charge on any atom is -0.339 e. The summed E-state index contributed by atoms with van der Waals surface area (Å²) in [5.74, 6) is -0.00353. The molecule has 0 atom stereocenters. The largest absolute Gasteiger partial charge is 0.339 e. The second-order valence-electron chi connectivity index (χ2n) is 5.57. The lowest BCUT2D eigenvalue weighted by Gasteiger charge is -2.26. The minimum absolute atomic E-state index is 0.00353. The molecule has 6 nitrogen and oxygen atoms in total. The number of nitro groups is 1. The number of para-hydroxylation sites is 1. The fourth-order valence-corrected chi connectivity index (χ4v) is 2.87. The van der Waals surface area contributed by atoms with Crippen molar-refractivity contribution in [2.45, 2.75) is 13.3 Å². The topological polar surface area (TPSA) is 66.7 Å². The van der Waals surface area contributed by atoms with Gasteiger partial charge in [0.05, 0.1) is 16.3 Å². The molecule has 2 aromatic carbocycles. The Balaban J connectivity index is 2.21. The van der Waals surface area contributed by atoms with Crippen LogP contribution >= 0.6 is 0 Å². The molecule has 1 aliphatic heterocycles. The highest BCUT2D eigenvalue weighted by Crippen LogP contribution is 2.39. The number of hydrogen-bond donors (Lipinski definition) is 0. The molecule has 6 heteroatoms. The SMILES string of the molecule is Cc1ccccc1N1CCC(=O)N(C)c2ccc([N+](=O)[O-])cc21. The van der Waals surface area contributed by atoms with E-state index in [0.29, 0.717) is 24.3 Å². The van der Waals surface area contributed by atoms with E-state index in [0.717, 1.165) is 11.3 Å². The summed E-state index contributed by atoms with van der Waals surface area (Å²) in [6, 6.07) is 12.4. The maximum Gasteiger partial charge on any atom is 0.271 e. The number of rotatable bonds is 2. The predicted octanol–water partition coefficient (Wildman–Crippen LogP) is 3.41. The lowest BCUT2D eigenvalue weighted by atomic mass is 10.1. The molecule has 1 heterocycles. The van der Waals surface area contributed by atoms with Crippen molar-refractivity contribution in [1.29, 1.82) is 0 Å². The van der Waals surface area contributed by atoms with E-state index in [1.807, 2.05) is 36.1 Å². The maximum absolute atomic E-state index is 12.2. The molecular weight excluding hydrogens is 294 g/mol. The summed E-state index contributed by atoms with van der Waals surface area (Å²) in [5.41, 5.74) is 3.40. The summed E-state index contributed by atoms with van der Waals surface area (Å²) < 4.78 is 0. The van der Waals surface area contributed by atoms with Crippen LogP contribution in [0.4, 0.5) is 22.7 Å². The summed E-state index contributed by atoms with van der Waals surface area (Å²) in [4.78, 5) is 26.5. The zero-order valence-electron chi connectivity index (χ0n) is 13.0. The second-order valence-corrected chi connectivity index (χ2v) is 5.57. The molecule has 0 aromatic heterocycles. The average molecular weight is 311 g/mol. The van der Waals surface area contributed by atoms with Crippen molar-refractivity contribution >= 4 is 28.7 Å². The van der Waals surface area contributed by atoms with E-state index >= 15 is 0 Å². The molecule has 1 amide bonds. The van der Waals surface area contributed by atoms with Gasteiger partial charge in [-0.1, -0.05) is 18.2 Å². The minimum atomic E-state index is -0.414. The Morgan fingerprint density at radius 1 is 1.09 bits per heavy atom. The summed E-state index contributed by atoms with van der Waals surface area (Å²) in [5, 5.41) is 11.1. The zero-order valence-corrected chi connectivity index (χ0v) is 13.0. The van der Waals surface area contributed by atoms with Gasteiger partial charge in [-0.2, -0.15) is 0 Å². The number of anilines is 3. The third-order valence-corrected chi connectivity index (χ3v) is 4.15. The standard InChI is InChI=1S/C17H17N3O3/c1-12-5-3-4-6-14(12)19-10-9-17(21)18(2)15-8-7-13(20(22)23)11-16(15)19/h3-8,11H,9-10H2,1-2H3. The van der Waals surface area contributed by atoms with Gasteiger partial charge in [-0.25, -0.2) is 0 Å². The van der Waals surface area contributed by atoms with E-state index in [9.17, 15) is 14.9 Å². The lowest BCUT2D eigenvalue weighted by molar-refractivity contribution is -0.384. The molecule has 2 aromatic rings. The van der Waals surface area contributed by atoms with Gasteiger partial charge in [-0.3, -0.25) is 14.9 Å². The van der Waals surface area contributed by atoms with E-state index in [-0.39, 0.29) is 11.6 Å². The molecule has 3 rings (SSSR count). The number of non-ortho nitro benzene ring substituents is 1. The van der Waals surface area contributed by atoms with Gasteiger partial charge in [-0.05, 0) is 24.6 Å². The number of nitrogens with zero attached hydrogens (tertiary/aromatic N) is 3. The van der Waals surface area contributed by atoms with Crippen LogP contribution in [0.15, 0.2) is 42.5 Å². The Hall–Kier alpha value is -2.89. The van der Waals surface area contributed by atoms with Crippen LogP contribution in [0.2, 0.25) is 0 Å². The first kappa shape index (κ1) is 15.0. The van der Waals surface area contributed by atoms with Crippen LogP contribution in [0.25, 0.3) is 0 Å². The Bertz CT molecular complexity index is 788. The number of carbonyl (C=O) groups is 1. The average Bonchev–Trinajstić information content (AvgIpc) is 2.66. The van der Waals surface area contributed by atoms with Gasteiger partial charge < -0.3 is 9.80 Å². The molecule has 0 spiro atoms. The van der Waals surface area contributed by atoms with Crippen molar-refractivity contribution in [3.05, 3.63) is 58.1 Å². The molecule has 23 heavy (non-hydrogen) atoms. The number of aryl methyl sites for hydroxylation is 1. The van der Waals surface area contributed by atoms with E-state index in [2.05, 4.69) is 0 Å². The van der Waals surface area contributed by atoms with E-state index in [1.165, 1.54) is 12.1 Å². The van der Waals surface area contributed by atoms with Crippen LogP contribution in [-0.4, -0.2) is 24.4 Å². The van der Waals surface area contributed by atoms with Gasteiger partial charge >= 0.3 is 0 Å². The molecule has 0 aliphatic carbocycles. The highest BCUT2D eigenvalue weighted by Gasteiger charge is 2.27. The first-order chi connectivity index (χ1) is 11.0. The first-order valence-electron chi connectivity index (χ1n) is 7.37. The van der Waals surface area contributed by atoms with E-state index in [4.69, 9.17) is 0 Å². The number of nitro benzene ring substituents is 1. The Morgan fingerprint density at radius 2 is 1.83 bits per heavy atom. The second kappa shape index (κ2) is 5.72. The van der Waals surface area contributed by atoms with Crippen molar-refractivity contribution in [2.24, 2.45) is 0 Å². The zero-order chi connectivity index (χ0) is 16.6. The van der Waals surface area contributed by atoms with Crippen molar-refractivity contribution in [3.63, 3.8) is 0 Å². The first-order valence-corrected chi connectivity index (χ1v) is 7.37. The van der Waals surface area contributed by atoms with Crippen LogP contribution in [0.3, 0.4) is 0 Å². The highest BCUT2D eigenvalue weighted by atomic mass is 16.6. The third kappa shape index (κ3) is 2.63. The Morgan fingerprint density at radius 3 is 2.52 bits per heavy atom. The molecule has 0 saturated carbocycles. The molecule has 0 fully saturated rings. The summed E-state index contributed by atoms with van der Waals surface area (Å²) in [7, 11) is 1.70. The van der Waals surface area contributed by atoms with Crippen molar-refractivity contribution < 1.29 is 9.72 Å². The third-order valence-electron chi connectivity index (χ3n) is 4.15. The number of hydrogen-bond acceptors (Lipinski definition) is 4. The summed E-state index contributed by atoms with van der Waals surface area (Å²) in [6.45, 7) is 2.48. The number of benzene rings is 2. The molecule has 0 N–H and O–H groups in total. The highest BCUT2D eigenvalue weighted by molar-refractivity contribution is 5.99. The molecule has 0 unspecified atom stereocenters. The molecule has 1 aliphatic rings. The van der Waals surface area contributed by atoms with Crippen LogP contribution in [-0.2, 0) is 4.79 Å². The van der Waals surface area contributed by atoms with E-state index < -0.39 is 4.92 Å². The van der Waals surface area contributed by atoms with Gasteiger partial charge in [0.1, 0.15) is 0 Å². The van der Waals surface area contributed by atoms with Gasteiger partial charge in [0, 0.05) is 37.8 Å². The fraction of sp³-hybridized carbons (Fsp3) is 0.235. The molecule has 0 bridgehead atoms. The maximum atomic E-state index is 12.2. The Kier molecular flexibility index (Phi) is 3.73. The van der Waals surface area contributed by atoms with Gasteiger partial charge in [-0.15, -0.1) is 0 Å². The summed E-state index contributed by atoms with van der Waals surface area (Å²) in [6.07, 6.45) is 0.354. The lowest BCUT2D eigenvalue weighted by Crippen LogP contribution is -2.25. The fourth-order valence-electron chi connectivity index (χ4n) is 2.87. The van der Waals surface area contributed by atoms with Crippen LogP contribution in [0.5, 0.6) is 0 Å². The van der Waals surface area contributed by atoms with Gasteiger partial charge in [0.2, 0.25) is 5.91 Å². The molecule has 118 valence electrons.